The van der Waals surface area contributed by atoms with Crippen molar-refractivity contribution in [3.05, 3.63) is 131 Å². The lowest BCUT2D eigenvalue weighted by Crippen LogP contribution is -2.10. The topological polar surface area (TPSA) is 40.6 Å². The van der Waals surface area contributed by atoms with Crippen LogP contribution < -0.4 is 9.80 Å². The normalized spacial score (nSPS) is 10.0. The largest absolute Gasteiger partial charge is 0.378 e. The molecule has 0 spiro atoms. The zero-order valence-corrected chi connectivity index (χ0v) is 20.1. The molecule has 4 heteroatoms. The first-order valence-corrected chi connectivity index (χ1v) is 11.1. The highest BCUT2D eigenvalue weighted by Crippen LogP contribution is 2.18. The van der Waals surface area contributed by atoms with Crippen LogP contribution in [0.15, 0.2) is 109 Å². The van der Waals surface area contributed by atoms with Gasteiger partial charge in [-0.05, 0) is 48.5 Å². The van der Waals surface area contributed by atoms with Gasteiger partial charge in [-0.25, -0.2) is 0 Å². The van der Waals surface area contributed by atoms with E-state index in [9.17, 15) is 9.59 Å². The van der Waals surface area contributed by atoms with Crippen LogP contribution in [0.25, 0.3) is 0 Å². The first kappa shape index (κ1) is 24.5. The highest BCUT2D eigenvalue weighted by molar-refractivity contribution is 6.09. The summed E-state index contributed by atoms with van der Waals surface area (Å²) < 4.78 is 0. The van der Waals surface area contributed by atoms with Crippen LogP contribution >= 0.6 is 0 Å². The second-order valence-corrected chi connectivity index (χ2v) is 8.27. The minimum absolute atomic E-state index is 0.0561. The van der Waals surface area contributed by atoms with Crippen LogP contribution in [0.4, 0.5) is 11.4 Å². The van der Waals surface area contributed by atoms with Gasteiger partial charge in [0.2, 0.25) is 0 Å². The number of ketones is 2. The third kappa shape index (κ3) is 6.42. The number of anilines is 2. The van der Waals surface area contributed by atoms with Crippen molar-refractivity contribution in [2.45, 2.75) is 0 Å². The van der Waals surface area contributed by atoms with E-state index < -0.39 is 0 Å². The maximum absolute atomic E-state index is 12.4. The zero-order valence-electron chi connectivity index (χ0n) is 20.1. The summed E-state index contributed by atoms with van der Waals surface area (Å²) in [5.41, 5.74) is 5.08. The lowest BCUT2D eigenvalue weighted by Gasteiger charge is -2.13. The van der Waals surface area contributed by atoms with Gasteiger partial charge in [-0.2, -0.15) is 0 Å². The molecule has 0 amide bonds. The Bertz CT molecular complexity index is 1100. The van der Waals surface area contributed by atoms with Crippen molar-refractivity contribution in [2.24, 2.45) is 0 Å². The number of carbonyl (C=O) groups excluding carboxylic acids is 2. The third-order valence-corrected chi connectivity index (χ3v) is 5.36. The van der Waals surface area contributed by atoms with Crippen molar-refractivity contribution >= 4 is 22.9 Å². The van der Waals surface area contributed by atoms with Gasteiger partial charge in [0.15, 0.2) is 11.6 Å². The smallest absolute Gasteiger partial charge is 0.193 e. The molecule has 0 radical (unpaired) electrons. The molecule has 34 heavy (non-hydrogen) atoms. The van der Waals surface area contributed by atoms with Crippen LogP contribution in [-0.4, -0.2) is 39.8 Å². The Balaban J connectivity index is 0.000000202. The lowest BCUT2D eigenvalue weighted by atomic mass is 10.0. The molecule has 0 fully saturated rings. The SMILES string of the molecule is CN(C)c1ccc(C(=O)c2ccc(N(C)C)cc2)cc1.O=C(c1ccccc1)c1ccccc1. The number of hydrogen-bond donors (Lipinski definition) is 0. The molecule has 0 heterocycles. The average molecular weight is 451 g/mol. The first-order valence-electron chi connectivity index (χ1n) is 11.1. The Labute approximate surface area is 202 Å². The van der Waals surface area contributed by atoms with E-state index in [0.29, 0.717) is 11.1 Å². The number of carbonyl (C=O) groups is 2. The summed E-state index contributed by atoms with van der Waals surface area (Å²) in [6.07, 6.45) is 0. The zero-order chi connectivity index (χ0) is 24.5. The fraction of sp³-hybridized carbons (Fsp3) is 0.133. The minimum Gasteiger partial charge on any atom is -0.378 e. The molecule has 0 aliphatic heterocycles. The van der Waals surface area contributed by atoms with Crippen molar-refractivity contribution in [3.8, 4) is 0 Å². The van der Waals surface area contributed by atoms with E-state index in [2.05, 4.69) is 0 Å². The standard InChI is InChI=1S/C17H20N2O.C13H10O/c1-18(2)15-9-5-13(6-10-15)17(20)14-7-11-16(12-8-14)19(3)4;14-13(11-7-3-1-4-8-11)12-9-5-2-6-10-12/h5-12H,1-4H3;1-10H. The third-order valence-electron chi connectivity index (χ3n) is 5.36. The van der Waals surface area contributed by atoms with E-state index in [-0.39, 0.29) is 11.6 Å². The number of benzene rings is 4. The summed E-state index contributed by atoms with van der Waals surface area (Å²) in [4.78, 5) is 28.3. The van der Waals surface area contributed by atoms with Crippen LogP contribution in [0.5, 0.6) is 0 Å². The summed E-state index contributed by atoms with van der Waals surface area (Å²) in [7, 11) is 7.93. The van der Waals surface area contributed by atoms with Crippen molar-refractivity contribution in [2.75, 3.05) is 38.0 Å². The van der Waals surface area contributed by atoms with Gasteiger partial charge in [-0.3, -0.25) is 9.59 Å². The van der Waals surface area contributed by atoms with Crippen molar-refractivity contribution < 1.29 is 9.59 Å². The molecular weight excluding hydrogens is 420 g/mol. The molecule has 0 aliphatic rings. The maximum Gasteiger partial charge on any atom is 0.193 e. The predicted octanol–water partition coefficient (Wildman–Crippen LogP) is 5.97. The Kier molecular flexibility index (Phi) is 8.36. The average Bonchev–Trinajstić information content (AvgIpc) is 2.89. The van der Waals surface area contributed by atoms with Crippen LogP contribution in [0, 0.1) is 0 Å². The van der Waals surface area contributed by atoms with Crippen molar-refractivity contribution in [3.63, 3.8) is 0 Å². The lowest BCUT2D eigenvalue weighted by molar-refractivity contribution is 0.103. The molecule has 4 nitrogen and oxygen atoms in total. The summed E-state index contributed by atoms with van der Waals surface area (Å²) in [5.74, 6) is 0.131. The number of hydrogen-bond acceptors (Lipinski definition) is 4. The van der Waals surface area contributed by atoms with Gasteiger partial charge >= 0.3 is 0 Å². The fourth-order valence-electron chi connectivity index (χ4n) is 3.33. The van der Waals surface area contributed by atoms with E-state index in [0.717, 1.165) is 22.5 Å². The monoisotopic (exact) mass is 450 g/mol. The van der Waals surface area contributed by atoms with Gasteiger partial charge in [0.1, 0.15) is 0 Å². The Morgan fingerprint density at radius 2 is 0.676 bits per heavy atom. The van der Waals surface area contributed by atoms with E-state index >= 15 is 0 Å². The molecule has 0 N–H and O–H groups in total. The van der Waals surface area contributed by atoms with Crippen LogP contribution in [0.2, 0.25) is 0 Å². The fourth-order valence-corrected chi connectivity index (χ4v) is 3.33. The van der Waals surface area contributed by atoms with Gasteiger partial charge in [0, 0.05) is 61.8 Å². The van der Waals surface area contributed by atoms with Gasteiger partial charge in [-0.15, -0.1) is 0 Å². The number of rotatable bonds is 6. The predicted molar refractivity (Wildman–Crippen MR) is 141 cm³/mol. The molecule has 0 saturated carbocycles. The molecular formula is C30H30N2O2. The van der Waals surface area contributed by atoms with Gasteiger partial charge < -0.3 is 9.80 Å². The second-order valence-electron chi connectivity index (χ2n) is 8.27. The molecule has 0 unspecified atom stereocenters. The quantitative estimate of drug-likeness (QED) is 0.340. The van der Waals surface area contributed by atoms with E-state index in [1.54, 1.807) is 0 Å². The Morgan fingerprint density at radius 3 is 0.941 bits per heavy atom. The molecule has 0 saturated heterocycles. The van der Waals surface area contributed by atoms with Crippen LogP contribution in [0.1, 0.15) is 31.8 Å². The molecule has 0 atom stereocenters. The van der Waals surface area contributed by atoms with E-state index in [4.69, 9.17) is 0 Å². The molecule has 172 valence electrons. The van der Waals surface area contributed by atoms with Gasteiger partial charge in [0.25, 0.3) is 0 Å². The summed E-state index contributed by atoms with van der Waals surface area (Å²) in [6.45, 7) is 0. The van der Waals surface area contributed by atoms with E-state index in [1.165, 1.54) is 0 Å². The first-order chi connectivity index (χ1) is 16.4. The van der Waals surface area contributed by atoms with E-state index in [1.807, 2.05) is 147 Å². The van der Waals surface area contributed by atoms with Crippen molar-refractivity contribution in [1.82, 2.24) is 0 Å². The van der Waals surface area contributed by atoms with Gasteiger partial charge in [0.05, 0.1) is 0 Å². The Hall–Kier alpha value is -4.18. The molecule has 4 aromatic carbocycles. The minimum atomic E-state index is 0.0561. The second kappa shape index (κ2) is 11.6. The highest BCUT2D eigenvalue weighted by Gasteiger charge is 2.09. The summed E-state index contributed by atoms with van der Waals surface area (Å²) in [5, 5.41) is 0. The van der Waals surface area contributed by atoms with Crippen molar-refractivity contribution in [1.29, 1.82) is 0 Å². The van der Waals surface area contributed by atoms with Crippen LogP contribution in [0.3, 0.4) is 0 Å². The molecule has 4 rings (SSSR count). The number of nitrogens with zero attached hydrogens (tertiary/aromatic N) is 2. The van der Waals surface area contributed by atoms with Gasteiger partial charge in [-0.1, -0.05) is 60.7 Å². The Morgan fingerprint density at radius 1 is 0.412 bits per heavy atom. The molecule has 0 bridgehead atoms. The molecule has 0 aliphatic carbocycles. The summed E-state index contributed by atoms with van der Waals surface area (Å²) in [6, 6.07) is 33.9. The molecule has 4 aromatic rings. The molecule has 0 aromatic heterocycles. The summed E-state index contributed by atoms with van der Waals surface area (Å²) >= 11 is 0. The van der Waals surface area contributed by atoms with Crippen LogP contribution in [-0.2, 0) is 0 Å². The highest BCUT2D eigenvalue weighted by atomic mass is 16.1. The maximum atomic E-state index is 12.4.